The molecular formula is C12H17N3OS. The van der Waals surface area contributed by atoms with E-state index in [9.17, 15) is 4.79 Å². The molecule has 1 aromatic rings. The Hall–Kier alpha value is -1.23. The topological polar surface area (TPSA) is 59.2 Å². The summed E-state index contributed by atoms with van der Waals surface area (Å²) in [6.07, 6.45) is 5.19. The van der Waals surface area contributed by atoms with Gasteiger partial charge in [-0.2, -0.15) is 0 Å². The molecule has 2 heterocycles. The van der Waals surface area contributed by atoms with Gasteiger partial charge in [0, 0.05) is 19.3 Å². The van der Waals surface area contributed by atoms with Crippen molar-refractivity contribution in [1.29, 1.82) is 0 Å². The second-order valence-corrected chi connectivity index (χ2v) is 5.09. The standard InChI is InChI=1S/C12H17N3OS/c13-10-5-4-6-14-12(10)17-9-11(16)15-7-2-1-3-8-15/h4-6H,1-3,7-9,13H2. The van der Waals surface area contributed by atoms with Gasteiger partial charge in [-0.1, -0.05) is 11.8 Å². The summed E-state index contributed by atoms with van der Waals surface area (Å²) in [4.78, 5) is 18.0. The highest BCUT2D eigenvalue weighted by molar-refractivity contribution is 8.00. The Labute approximate surface area is 106 Å². The monoisotopic (exact) mass is 251 g/mol. The molecule has 2 rings (SSSR count). The Kier molecular flexibility index (Phi) is 4.25. The lowest BCUT2D eigenvalue weighted by molar-refractivity contribution is -0.129. The van der Waals surface area contributed by atoms with Gasteiger partial charge < -0.3 is 10.6 Å². The highest BCUT2D eigenvalue weighted by atomic mass is 32.2. The SMILES string of the molecule is Nc1cccnc1SCC(=O)N1CCCCC1. The van der Waals surface area contributed by atoms with Gasteiger partial charge in [-0.3, -0.25) is 4.79 Å². The van der Waals surface area contributed by atoms with Crippen LogP contribution < -0.4 is 5.73 Å². The lowest BCUT2D eigenvalue weighted by Gasteiger charge is -2.26. The number of hydrogen-bond donors (Lipinski definition) is 1. The molecule has 1 aliphatic heterocycles. The first-order valence-electron chi connectivity index (χ1n) is 5.88. The second kappa shape index (κ2) is 5.91. The molecule has 0 bridgehead atoms. The predicted octanol–water partition coefficient (Wildman–Crippen LogP) is 1.77. The number of carbonyl (C=O) groups is 1. The van der Waals surface area contributed by atoms with Crippen molar-refractivity contribution in [3.05, 3.63) is 18.3 Å². The van der Waals surface area contributed by atoms with Gasteiger partial charge in [0.05, 0.1) is 11.4 Å². The van der Waals surface area contributed by atoms with Crippen molar-refractivity contribution in [2.75, 3.05) is 24.6 Å². The number of nitrogens with zero attached hydrogens (tertiary/aromatic N) is 2. The molecule has 1 amide bonds. The maximum atomic E-state index is 11.9. The summed E-state index contributed by atoms with van der Waals surface area (Å²) in [7, 11) is 0. The molecule has 0 unspecified atom stereocenters. The molecule has 4 nitrogen and oxygen atoms in total. The maximum Gasteiger partial charge on any atom is 0.232 e. The zero-order valence-corrected chi connectivity index (χ0v) is 10.6. The largest absolute Gasteiger partial charge is 0.397 e. The molecule has 1 aliphatic rings. The number of piperidine rings is 1. The van der Waals surface area contributed by atoms with Gasteiger partial charge >= 0.3 is 0 Å². The van der Waals surface area contributed by atoms with Crippen molar-refractivity contribution in [2.24, 2.45) is 0 Å². The Morgan fingerprint density at radius 2 is 2.18 bits per heavy atom. The molecule has 2 N–H and O–H groups in total. The second-order valence-electron chi connectivity index (χ2n) is 4.13. The third-order valence-electron chi connectivity index (χ3n) is 2.84. The van der Waals surface area contributed by atoms with E-state index in [-0.39, 0.29) is 5.91 Å². The van der Waals surface area contributed by atoms with E-state index in [0.717, 1.165) is 31.0 Å². The Morgan fingerprint density at radius 3 is 2.88 bits per heavy atom. The minimum Gasteiger partial charge on any atom is -0.397 e. The lowest BCUT2D eigenvalue weighted by Crippen LogP contribution is -2.36. The molecule has 5 heteroatoms. The van der Waals surface area contributed by atoms with E-state index in [2.05, 4.69) is 4.98 Å². The Morgan fingerprint density at radius 1 is 1.41 bits per heavy atom. The fourth-order valence-corrected chi connectivity index (χ4v) is 2.70. The quantitative estimate of drug-likeness (QED) is 0.832. The fraction of sp³-hybridized carbons (Fsp3) is 0.500. The van der Waals surface area contributed by atoms with Crippen LogP contribution in [0.3, 0.4) is 0 Å². The van der Waals surface area contributed by atoms with E-state index in [4.69, 9.17) is 5.73 Å². The fourth-order valence-electron chi connectivity index (χ4n) is 1.89. The smallest absolute Gasteiger partial charge is 0.232 e. The highest BCUT2D eigenvalue weighted by Crippen LogP contribution is 2.22. The molecular weight excluding hydrogens is 234 g/mol. The predicted molar refractivity (Wildman–Crippen MR) is 69.8 cm³/mol. The number of nitrogens with two attached hydrogens (primary N) is 1. The third kappa shape index (κ3) is 3.36. The van der Waals surface area contributed by atoms with Crippen LogP contribution in [0.1, 0.15) is 19.3 Å². The van der Waals surface area contributed by atoms with Crippen LogP contribution in [-0.4, -0.2) is 34.6 Å². The van der Waals surface area contributed by atoms with Crippen molar-refractivity contribution in [3.63, 3.8) is 0 Å². The Balaban J connectivity index is 1.85. The van der Waals surface area contributed by atoms with Crippen molar-refractivity contribution in [1.82, 2.24) is 9.88 Å². The molecule has 1 fully saturated rings. The average Bonchev–Trinajstić information content (AvgIpc) is 2.38. The van der Waals surface area contributed by atoms with Gasteiger partial charge in [-0.15, -0.1) is 0 Å². The number of thioether (sulfide) groups is 1. The number of nitrogen functional groups attached to an aromatic ring is 1. The number of likely N-dealkylation sites (tertiary alicyclic amines) is 1. The minimum absolute atomic E-state index is 0.194. The number of hydrogen-bond acceptors (Lipinski definition) is 4. The summed E-state index contributed by atoms with van der Waals surface area (Å²) in [6, 6.07) is 3.60. The number of pyridine rings is 1. The molecule has 17 heavy (non-hydrogen) atoms. The summed E-state index contributed by atoms with van der Waals surface area (Å²) in [5, 5.41) is 0.748. The zero-order valence-electron chi connectivity index (χ0n) is 9.76. The highest BCUT2D eigenvalue weighted by Gasteiger charge is 2.16. The van der Waals surface area contributed by atoms with E-state index in [1.807, 2.05) is 4.90 Å². The van der Waals surface area contributed by atoms with E-state index in [1.54, 1.807) is 18.3 Å². The van der Waals surface area contributed by atoms with Crippen LogP contribution in [0.5, 0.6) is 0 Å². The third-order valence-corrected chi connectivity index (χ3v) is 3.85. The van der Waals surface area contributed by atoms with Gasteiger partial charge in [0.25, 0.3) is 0 Å². The van der Waals surface area contributed by atoms with Crippen molar-refractivity contribution in [3.8, 4) is 0 Å². The number of aromatic nitrogens is 1. The number of carbonyl (C=O) groups excluding carboxylic acids is 1. The molecule has 0 atom stereocenters. The first-order valence-corrected chi connectivity index (χ1v) is 6.87. The maximum absolute atomic E-state index is 11.9. The molecule has 0 aromatic carbocycles. The van der Waals surface area contributed by atoms with Crippen LogP contribution in [0.25, 0.3) is 0 Å². The first-order chi connectivity index (χ1) is 8.27. The van der Waals surface area contributed by atoms with Crippen LogP contribution in [-0.2, 0) is 4.79 Å². The number of amides is 1. The number of anilines is 1. The van der Waals surface area contributed by atoms with Crippen molar-refractivity contribution in [2.45, 2.75) is 24.3 Å². The summed E-state index contributed by atoms with van der Waals surface area (Å²) in [6.45, 7) is 1.80. The first kappa shape index (κ1) is 12.2. The zero-order chi connectivity index (χ0) is 12.1. The number of rotatable bonds is 3. The molecule has 1 aromatic heterocycles. The van der Waals surface area contributed by atoms with Gasteiger partial charge in [0.15, 0.2) is 0 Å². The van der Waals surface area contributed by atoms with Crippen LogP contribution in [0.15, 0.2) is 23.4 Å². The van der Waals surface area contributed by atoms with E-state index < -0.39 is 0 Å². The van der Waals surface area contributed by atoms with Gasteiger partial charge in [0.1, 0.15) is 5.03 Å². The Bertz CT molecular complexity index is 391. The van der Waals surface area contributed by atoms with Crippen LogP contribution in [0, 0.1) is 0 Å². The summed E-state index contributed by atoms with van der Waals surface area (Å²) in [5.41, 5.74) is 6.42. The van der Waals surface area contributed by atoms with E-state index in [1.165, 1.54) is 18.2 Å². The summed E-state index contributed by atoms with van der Waals surface area (Å²) in [5.74, 6) is 0.626. The molecule has 1 saturated heterocycles. The normalized spacial score (nSPS) is 15.9. The molecule has 0 aliphatic carbocycles. The average molecular weight is 251 g/mol. The molecule has 0 spiro atoms. The van der Waals surface area contributed by atoms with E-state index in [0.29, 0.717) is 11.4 Å². The van der Waals surface area contributed by atoms with Crippen molar-refractivity contribution >= 4 is 23.4 Å². The van der Waals surface area contributed by atoms with Gasteiger partial charge in [0.2, 0.25) is 5.91 Å². The van der Waals surface area contributed by atoms with Crippen LogP contribution >= 0.6 is 11.8 Å². The molecule has 0 saturated carbocycles. The van der Waals surface area contributed by atoms with Gasteiger partial charge in [-0.05, 0) is 31.4 Å². The lowest BCUT2D eigenvalue weighted by atomic mass is 10.1. The summed E-state index contributed by atoms with van der Waals surface area (Å²) < 4.78 is 0. The van der Waals surface area contributed by atoms with Crippen molar-refractivity contribution < 1.29 is 4.79 Å². The van der Waals surface area contributed by atoms with Crippen LogP contribution in [0.2, 0.25) is 0 Å². The summed E-state index contributed by atoms with van der Waals surface area (Å²) >= 11 is 1.42. The molecule has 0 radical (unpaired) electrons. The van der Waals surface area contributed by atoms with E-state index >= 15 is 0 Å². The van der Waals surface area contributed by atoms with Gasteiger partial charge in [-0.25, -0.2) is 4.98 Å². The molecule has 92 valence electrons. The van der Waals surface area contributed by atoms with Crippen LogP contribution in [0.4, 0.5) is 5.69 Å². The minimum atomic E-state index is 0.194.